The number of rotatable bonds is 5. The number of hydrogen-bond donors (Lipinski definition) is 2. The Morgan fingerprint density at radius 1 is 1.16 bits per heavy atom. The molecular formula is C16H14FN3O5. The Morgan fingerprint density at radius 2 is 1.88 bits per heavy atom. The summed E-state index contributed by atoms with van der Waals surface area (Å²) in [4.78, 5) is 33.5. The molecule has 2 amide bonds. The molecule has 0 aliphatic rings. The van der Waals surface area contributed by atoms with Gasteiger partial charge in [0.15, 0.2) is 0 Å². The summed E-state index contributed by atoms with van der Waals surface area (Å²) in [6.45, 7) is 1.86. The second-order valence-corrected chi connectivity index (χ2v) is 4.80. The van der Waals surface area contributed by atoms with Gasteiger partial charge in [0.1, 0.15) is 0 Å². The number of carbonyl (C=O) groups excluding carboxylic acids is 2. The highest BCUT2D eigenvalue weighted by Gasteiger charge is 2.16. The highest BCUT2D eigenvalue weighted by atomic mass is 19.1. The summed E-state index contributed by atoms with van der Waals surface area (Å²) in [5.74, 6) is -1.57. The van der Waals surface area contributed by atoms with Gasteiger partial charge in [0, 0.05) is 23.0 Å². The lowest BCUT2D eigenvalue weighted by atomic mass is 10.1. The summed E-state index contributed by atoms with van der Waals surface area (Å²) < 4.78 is 18.1. The number of ether oxygens (including phenoxy) is 1. The van der Waals surface area contributed by atoms with E-state index in [4.69, 9.17) is 4.74 Å². The smallest absolute Gasteiger partial charge is 0.411 e. The Balaban J connectivity index is 2.15. The van der Waals surface area contributed by atoms with Crippen LogP contribution in [-0.4, -0.2) is 23.5 Å². The third kappa shape index (κ3) is 4.74. The first-order chi connectivity index (χ1) is 11.9. The summed E-state index contributed by atoms with van der Waals surface area (Å²) in [7, 11) is 0. The van der Waals surface area contributed by atoms with Crippen molar-refractivity contribution in [2.45, 2.75) is 6.92 Å². The van der Waals surface area contributed by atoms with Crippen molar-refractivity contribution < 1.29 is 23.6 Å². The summed E-state index contributed by atoms with van der Waals surface area (Å²) in [6, 6.07) is 9.04. The lowest BCUT2D eigenvalue weighted by Gasteiger charge is -2.08. The molecule has 2 N–H and O–H groups in total. The van der Waals surface area contributed by atoms with Crippen molar-refractivity contribution in [1.29, 1.82) is 0 Å². The fourth-order valence-corrected chi connectivity index (χ4v) is 1.96. The molecule has 25 heavy (non-hydrogen) atoms. The standard InChI is InChI=1S/C16H14FN3O5/c1-2-25-16(22)19-11-5-3-4-10(8-11)15(21)18-12-6-7-13(17)14(9-12)20(23)24/h3-9H,2H2,1H3,(H,18,21)(H,19,22). The fourth-order valence-electron chi connectivity index (χ4n) is 1.96. The van der Waals surface area contributed by atoms with Crippen LogP contribution in [0, 0.1) is 15.9 Å². The predicted octanol–water partition coefficient (Wildman–Crippen LogP) is 3.55. The Kier molecular flexibility index (Phi) is 5.62. The number of nitrogens with zero attached hydrogens (tertiary/aromatic N) is 1. The Labute approximate surface area is 141 Å². The zero-order valence-corrected chi connectivity index (χ0v) is 13.1. The van der Waals surface area contributed by atoms with Crippen LogP contribution in [-0.2, 0) is 4.74 Å². The molecule has 2 aromatic rings. The first kappa shape index (κ1) is 17.9. The van der Waals surface area contributed by atoms with Crippen molar-refractivity contribution in [1.82, 2.24) is 0 Å². The van der Waals surface area contributed by atoms with E-state index in [2.05, 4.69) is 10.6 Å². The maximum absolute atomic E-state index is 13.3. The number of anilines is 2. The number of halogens is 1. The topological polar surface area (TPSA) is 111 Å². The summed E-state index contributed by atoms with van der Waals surface area (Å²) in [5.41, 5.74) is -0.130. The molecule has 8 nitrogen and oxygen atoms in total. The lowest BCUT2D eigenvalue weighted by Crippen LogP contribution is -2.15. The van der Waals surface area contributed by atoms with Crippen LogP contribution in [0.15, 0.2) is 42.5 Å². The van der Waals surface area contributed by atoms with Gasteiger partial charge >= 0.3 is 11.8 Å². The van der Waals surface area contributed by atoms with Crippen molar-refractivity contribution in [3.8, 4) is 0 Å². The van der Waals surface area contributed by atoms with Crippen LogP contribution in [0.3, 0.4) is 0 Å². The molecule has 0 bridgehead atoms. The quantitative estimate of drug-likeness (QED) is 0.635. The average Bonchev–Trinajstić information content (AvgIpc) is 2.56. The zero-order chi connectivity index (χ0) is 18.4. The second kappa shape index (κ2) is 7.86. The van der Waals surface area contributed by atoms with Crippen LogP contribution in [0.25, 0.3) is 0 Å². The monoisotopic (exact) mass is 347 g/mol. The van der Waals surface area contributed by atoms with E-state index >= 15 is 0 Å². The molecule has 130 valence electrons. The molecule has 0 fully saturated rings. The summed E-state index contributed by atoms with van der Waals surface area (Å²) in [5, 5.41) is 15.6. The van der Waals surface area contributed by atoms with Gasteiger partial charge in [0.2, 0.25) is 5.82 Å². The maximum atomic E-state index is 13.3. The molecule has 9 heteroatoms. The first-order valence-electron chi connectivity index (χ1n) is 7.20. The van der Waals surface area contributed by atoms with Gasteiger partial charge in [-0.2, -0.15) is 4.39 Å². The fraction of sp³-hybridized carbons (Fsp3) is 0.125. The summed E-state index contributed by atoms with van der Waals surface area (Å²) in [6.07, 6.45) is -0.658. The van der Waals surface area contributed by atoms with Crippen molar-refractivity contribution in [2.24, 2.45) is 0 Å². The van der Waals surface area contributed by atoms with E-state index in [1.54, 1.807) is 19.1 Å². The van der Waals surface area contributed by atoms with E-state index in [1.165, 1.54) is 18.2 Å². The Hall–Kier alpha value is -3.49. The van der Waals surface area contributed by atoms with Gasteiger partial charge in [-0.3, -0.25) is 20.2 Å². The van der Waals surface area contributed by atoms with Gasteiger partial charge in [-0.05, 0) is 37.3 Å². The molecule has 0 atom stereocenters. The maximum Gasteiger partial charge on any atom is 0.411 e. The third-order valence-electron chi connectivity index (χ3n) is 3.05. The number of benzene rings is 2. The molecule has 0 spiro atoms. The second-order valence-electron chi connectivity index (χ2n) is 4.80. The van der Waals surface area contributed by atoms with E-state index in [-0.39, 0.29) is 17.9 Å². The Morgan fingerprint density at radius 3 is 2.56 bits per heavy atom. The van der Waals surface area contributed by atoms with Gasteiger partial charge in [0.05, 0.1) is 11.5 Å². The number of carbonyl (C=O) groups is 2. The van der Waals surface area contributed by atoms with E-state index in [9.17, 15) is 24.1 Å². The minimum absolute atomic E-state index is 0.0712. The number of nitrogens with one attached hydrogen (secondary N) is 2. The van der Waals surface area contributed by atoms with Crippen molar-refractivity contribution >= 4 is 29.1 Å². The molecule has 2 rings (SSSR count). The minimum atomic E-state index is -0.997. The van der Waals surface area contributed by atoms with Gasteiger partial charge in [-0.25, -0.2) is 4.79 Å². The summed E-state index contributed by atoms with van der Waals surface area (Å²) >= 11 is 0. The Bertz CT molecular complexity index is 825. The molecule has 0 unspecified atom stereocenters. The van der Waals surface area contributed by atoms with Gasteiger partial charge < -0.3 is 10.1 Å². The molecular weight excluding hydrogens is 333 g/mol. The molecule has 0 saturated heterocycles. The molecule has 0 saturated carbocycles. The molecule has 0 aromatic heterocycles. The predicted molar refractivity (Wildman–Crippen MR) is 88.1 cm³/mol. The van der Waals surface area contributed by atoms with Gasteiger partial charge in [-0.15, -0.1) is 0 Å². The van der Waals surface area contributed by atoms with Crippen LogP contribution >= 0.6 is 0 Å². The highest BCUT2D eigenvalue weighted by Crippen LogP contribution is 2.22. The number of nitro groups is 1. The van der Waals surface area contributed by atoms with E-state index < -0.39 is 28.4 Å². The molecule has 0 aliphatic heterocycles. The van der Waals surface area contributed by atoms with Gasteiger partial charge in [0.25, 0.3) is 5.91 Å². The van der Waals surface area contributed by atoms with Crippen molar-refractivity contribution in [3.63, 3.8) is 0 Å². The molecule has 0 aliphatic carbocycles. The first-order valence-corrected chi connectivity index (χ1v) is 7.20. The molecule has 0 heterocycles. The third-order valence-corrected chi connectivity index (χ3v) is 3.05. The normalized spacial score (nSPS) is 10.0. The minimum Gasteiger partial charge on any atom is -0.450 e. The highest BCUT2D eigenvalue weighted by molar-refractivity contribution is 6.05. The van der Waals surface area contributed by atoms with Crippen LogP contribution in [0.1, 0.15) is 17.3 Å². The molecule has 0 radical (unpaired) electrons. The van der Waals surface area contributed by atoms with Crippen LogP contribution in [0.4, 0.5) is 26.2 Å². The van der Waals surface area contributed by atoms with Crippen molar-refractivity contribution in [2.75, 3.05) is 17.2 Å². The van der Waals surface area contributed by atoms with Crippen molar-refractivity contribution in [3.05, 3.63) is 64.0 Å². The van der Waals surface area contributed by atoms with Gasteiger partial charge in [-0.1, -0.05) is 6.07 Å². The SMILES string of the molecule is CCOC(=O)Nc1cccc(C(=O)Nc2ccc(F)c([N+](=O)[O-])c2)c1. The number of hydrogen-bond acceptors (Lipinski definition) is 5. The molecule has 2 aromatic carbocycles. The van der Waals surface area contributed by atoms with Crippen LogP contribution < -0.4 is 10.6 Å². The van der Waals surface area contributed by atoms with E-state index in [0.29, 0.717) is 5.69 Å². The number of nitro benzene ring substituents is 1. The van der Waals surface area contributed by atoms with Crippen LogP contribution in [0.2, 0.25) is 0 Å². The largest absolute Gasteiger partial charge is 0.450 e. The van der Waals surface area contributed by atoms with E-state index in [0.717, 1.165) is 12.1 Å². The van der Waals surface area contributed by atoms with Crippen LogP contribution in [0.5, 0.6) is 0 Å². The lowest BCUT2D eigenvalue weighted by molar-refractivity contribution is -0.387. The zero-order valence-electron chi connectivity index (χ0n) is 13.1. The average molecular weight is 347 g/mol. The van der Waals surface area contributed by atoms with E-state index in [1.807, 2.05) is 0 Å². The number of amides is 2.